The first-order valence-corrected chi connectivity index (χ1v) is 21.3. The van der Waals surface area contributed by atoms with Crippen LogP contribution in [0.3, 0.4) is 0 Å². The van der Waals surface area contributed by atoms with Crippen LogP contribution in [0.5, 0.6) is 0 Å². The molecule has 0 spiro atoms. The molecule has 10 heteroatoms. The summed E-state index contributed by atoms with van der Waals surface area (Å²) in [6, 6.07) is 30.8. The van der Waals surface area contributed by atoms with Gasteiger partial charge in [0.25, 0.3) is 0 Å². The van der Waals surface area contributed by atoms with Crippen LogP contribution in [0.1, 0.15) is 80.9 Å². The highest BCUT2D eigenvalue weighted by atomic mass is 79.9. The summed E-state index contributed by atoms with van der Waals surface area (Å²) in [6.45, 7) is 6.04. The van der Waals surface area contributed by atoms with E-state index in [9.17, 15) is 9.59 Å². The van der Waals surface area contributed by atoms with E-state index < -0.39 is 0 Å². The van der Waals surface area contributed by atoms with E-state index in [2.05, 4.69) is 95.3 Å². The number of anilines is 4. The smallest absolute Gasteiger partial charge is 0.240 e. The van der Waals surface area contributed by atoms with E-state index in [0.717, 1.165) is 56.7 Å². The zero-order valence-corrected chi connectivity index (χ0v) is 35.2. The monoisotopic (exact) mass is 869 g/mol. The van der Waals surface area contributed by atoms with Crippen molar-refractivity contribution < 1.29 is 14.3 Å². The normalized spacial score (nSPS) is 16.8. The second kappa shape index (κ2) is 19.8. The highest BCUT2D eigenvalue weighted by Crippen LogP contribution is 2.45. The minimum atomic E-state index is 0.0368. The Kier molecular flexibility index (Phi) is 14.6. The molecule has 0 unspecified atom stereocenters. The molecule has 3 N–H and O–H groups in total. The zero-order valence-electron chi connectivity index (χ0n) is 32.0. The first kappa shape index (κ1) is 40.7. The Morgan fingerprint density at radius 2 is 1.20 bits per heavy atom. The molecule has 0 radical (unpaired) electrons. The maximum Gasteiger partial charge on any atom is 0.240 e. The summed E-state index contributed by atoms with van der Waals surface area (Å²) in [5, 5.41) is 3.15. The number of aliphatic imine (C=N–C) groups is 1. The Morgan fingerprint density at radius 1 is 0.727 bits per heavy atom. The molecule has 9 rings (SSSR count). The van der Waals surface area contributed by atoms with Crippen LogP contribution in [0.15, 0.2) is 98.9 Å². The Bertz CT molecular complexity index is 1880. The number of nitrogens with one attached hydrogen (secondary N) is 1. The van der Waals surface area contributed by atoms with Crippen LogP contribution < -0.4 is 20.9 Å². The number of amides is 1. The van der Waals surface area contributed by atoms with Crippen molar-refractivity contribution in [2.24, 2.45) is 4.99 Å². The van der Waals surface area contributed by atoms with Crippen LogP contribution in [0, 0.1) is 13.8 Å². The fourth-order valence-corrected chi connectivity index (χ4v) is 7.40. The third-order valence-electron chi connectivity index (χ3n) is 10.1. The molecule has 0 atom stereocenters. The lowest BCUT2D eigenvalue weighted by Gasteiger charge is -2.27. The molecule has 1 aliphatic heterocycles. The highest BCUT2D eigenvalue weighted by Gasteiger charge is 2.41. The van der Waals surface area contributed by atoms with Crippen LogP contribution in [0.4, 0.5) is 28.4 Å². The van der Waals surface area contributed by atoms with Gasteiger partial charge in [0.05, 0.1) is 34.9 Å². The number of rotatable bonds is 10. The molecule has 5 fully saturated rings. The van der Waals surface area contributed by atoms with Gasteiger partial charge in [-0.25, -0.2) is 4.79 Å². The number of benzene rings is 4. The summed E-state index contributed by atoms with van der Waals surface area (Å²) in [6.07, 6.45) is 14.9. The molecule has 55 heavy (non-hydrogen) atoms. The van der Waals surface area contributed by atoms with Gasteiger partial charge in [0, 0.05) is 46.3 Å². The topological polar surface area (TPSA) is 100 Å². The summed E-state index contributed by atoms with van der Waals surface area (Å²) in [5.74, 6) is 0.0368. The maximum absolute atomic E-state index is 12.6. The second-order valence-electron chi connectivity index (χ2n) is 15.2. The van der Waals surface area contributed by atoms with Gasteiger partial charge in [0.1, 0.15) is 0 Å². The van der Waals surface area contributed by atoms with Gasteiger partial charge in [0.2, 0.25) is 12.0 Å². The molecular formula is C45H53Br2N5O3. The largest absolute Gasteiger partial charge is 0.397 e. The first-order valence-electron chi connectivity index (χ1n) is 19.7. The molecule has 8 nitrogen and oxygen atoms in total. The van der Waals surface area contributed by atoms with Crippen LogP contribution in [-0.2, 0) is 20.7 Å². The van der Waals surface area contributed by atoms with E-state index in [1.165, 1.54) is 87.2 Å². The van der Waals surface area contributed by atoms with Crippen molar-refractivity contribution in [2.75, 3.05) is 34.1 Å². The summed E-state index contributed by atoms with van der Waals surface area (Å²) in [7, 11) is 0. The van der Waals surface area contributed by atoms with Gasteiger partial charge in [-0.3, -0.25) is 4.79 Å². The molecule has 0 bridgehead atoms. The lowest BCUT2D eigenvalue weighted by molar-refractivity contribution is -0.115. The van der Waals surface area contributed by atoms with E-state index in [0.29, 0.717) is 24.2 Å². The number of aryl methyl sites for hydroxylation is 2. The number of nitrogens with zero attached hydrogens (tertiary/aromatic N) is 3. The van der Waals surface area contributed by atoms with Crippen molar-refractivity contribution in [1.29, 1.82) is 0 Å². The third kappa shape index (κ3) is 13.1. The van der Waals surface area contributed by atoms with Gasteiger partial charge in [-0.05, 0) is 132 Å². The van der Waals surface area contributed by atoms with E-state index in [4.69, 9.17) is 10.5 Å². The van der Waals surface area contributed by atoms with Crippen molar-refractivity contribution in [3.63, 3.8) is 0 Å². The molecule has 4 aromatic carbocycles. The van der Waals surface area contributed by atoms with Crippen molar-refractivity contribution >= 4 is 72.3 Å². The minimum Gasteiger partial charge on any atom is -0.397 e. The van der Waals surface area contributed by atoms with Gasteiger partial charge < -0.3 is 25.6 Å². The quantitative estimate of drug-likeness (QED) is 0.0935. The summed E-state index contributed by atoms with van der Waals surface area (Å²) in [4.78, 5) is 30.9. The zero-order chi connectivity index (χ0) is 38.7. The molecular weight excluding hydrogens is 818 g/mol. The Hall–Kier alpha value is -3.95. The maximum atomic E-state index is 12.6. The molecule has 1 heterocycles. The number of carbonyl (C=O) groups excluding carboxylic acids is 2. The molecule has 4 aliphatic carbocycles. The molecule has 0 aromatic heterocycles. The molecule has 5 aliphatic rings. The number of ether oxygens (including phenoxy) is 1. The second-order valence-corrected chi connectivity index (χ2v) is 17.0. The van der Waals surface area contributed by atoms with E-state index in [-0.39, 0.29) is 5.91 Å². The van der Waals surface area contributed by atoms with Crippen LogP contribution in [0.2, 0.25) is 0 Å². The fourth-order valence-electron chi connectivity index (χ4n) is 6.66. The van der Waals surface area contributed by atoms with E-state index >= 15 is 0 Å². The Balaban J connectivity index is 0.000000144. The van der Waals surface area contributed by atoms with Gasteiger partial charge in [-0.1, -0.05) is 79.4 Å². The minimum absolute atomic E-state index is 0.0368. The lowest BCUT2D eigenvalue weighted by Crippen LogP contribution is -2.29. The molecule has 1 amide bonds. The number of hydrogen-bond donors (Lipinski definition) is 2. The van der Waals surface area contributed by atoms with E-state index in [1.54, 1.807) is 12.1 Å². The number of carbonyl (C=O) groups is 1. The lowest BCUT2D eigenvalue weighted by atomic mass is 10.1. The molecule has 4 aromatic rings. The van der Waals surface area contributed by atoms with Crippen molar-refractivity contribution in [3.05, 3.63) is 111 Å². The van der Waals surface area contributed by atoms with E-state index in [1.807, 2.05) is 43.3 Å². The predicted octanol–water partition coefficient (Wildman–Crippen LogP) is 11.0. The summed E-state index contributed by atoms with van der Waals surface area (Å²) < 4.78 is 7.00. The summed E-state index contributed by atoms with van der Waals surface area (Å²) in [5.41, 5.74) is 14.4. The number of isocyanates is 1. The molecule has 290 valence electrons. The molecule has 1 saturated heterocycles. The van der Waals surface area contributed by atoms with Gasteiger partial charge in [-0.15, -0.1) is 0 Å². The van der Waals surface area contributed by atoms with Crippen LogP contribution in [0.25, 0.3) is 0 Å². The SMILES string of the molecule is C1CCOC1.Cc1ccc(CC(=O)Nc2cc(Br)ccc2N(C2CC2)C2CC2)cc1.Cc1ccc(N=C=O)cc1.Nc1cc(Br)ccc1N(C1CC1)C1CC1. The third-order valence-corrected chi connectivity index (χ3v) is 11.0. The van der Waals surface area contributed by atoms with Gasteiger partial charge in [-0.2, -0.15) is 4.99 Å². The average molecular weight is 872 g/mol. The highest BCUT2D eigenvalue weighted by molar-refractivity contribution is 9.10. The molecule has 4 saturated carbocycles. The number of halogens is 2. The van der Waals surface area contributed by atoms with Crippen molar-refractivity contribution in [1.82, 2.24) is 0 Å². The standard InChI is InChI=1S/C21H23BrN2O.C12H15BrN2.C8H7NO.C4H8O/c1-14-2-4-15(5-3-14)12-21(25)23-19-13-16(22)6-11-20(19)24(17-7-8-17)18-9-10-18;13-8-1-6-12(11(14)7-8)15(9-2-3-9)10-4-5-10;1-7-2-4-8(5-3-7)9-6-10;1-2-4-5-3-1/h2-6,11,13,17-18H,7-10,12H2,1H3,(H,23,25);1,6-7,9-10H,2-5,14H2;2-5H,1H3;1-4H2. The van der Waals surface area contributed by atoms with Crippen LogP contribution >= 0.6 is 31.9 Å². The predicted molar refractivity (Wildman–Crippen MR) is 232 cm³/mol. The Labute approximate surface area is 343 Å². The summed E-state index contributed by atoms with van der Waals surface area (Å²) >= 11 is 7.00. The Morgan fingerprint density at radius 3 is 1.65 bits per heavy atom. The van der Waals surface area contributed by atoms with Crippen molar-refractivity contribution in [3.8, 4) is 0 Å². The van der Waals surface area contributed by atoms with Crippen LogP contribution in [-0.4, -0.2) is 49.4 Å². The average Bonchev–Trinajstić information content (AvgIpc) is 3.94. The number of hydrogen-bond acceptors (Lipinski definition) is 7. The first-order chi connectivity index (χ1) is 26.7. The fraction of sp³-hybridized carbons (Fsp3) is 0.422. The van der Waals surface area contributed by atoms with Crippen molar-refractivity contribution in [2.45, 2.75) is 109 Å². The number of nitrogens with two attached hydrogens (primary N) is 1. The van der Waals surface area contributed by atoms with Gasteiger partial charge >= 0.3 is 0 Å². The number of nitrogen functional groups attached to an aromatic ring is 1. The van der Waals surface area contributed by atoms with Gasteiger partial charge in [0.15, 0.2) is 0 Å².